The molecule has 0 aromatic heterocycles. The van der Waals surface area contributed by atoms with Crippen LogP contribution < -0.4 is 10.5 Å². The minimum atomic E-state index is -0.654. The molecule has 1 atom stereocenters. The molecule has 1 aliphatic carbocycles. The summed E-state index contributed by atoms with van der Waals surface area (Å²) in [5.74, 6) is -0.0183. The zero-order valence-corrected chi connectivity index (χ0v) is 16.3. The van der Waals surface area contributed by atoms with Crippen LogP contribution in [0.15, 0.2) is 39.4 Å². The second-order valence-electron chi connectivity index (χ2n) is 7.26. The summed E-state index contributed by atoms with van der Waals surface area (Å²) in [5, 5.41) is 19.7. The quantitative estimate of drug-likeness (QED) is 0.759. The molecule has 0 saturated heterocycles. The van der Waals surface area contributed by atoms with E-state index >= 15 is 0 Å². The first-order valence-electron chi connectivity index (χ1n) is 8.08. The molecule has 0 spiro atoms. The van der Waals surface area contributed by atoms with Gasteiger partial charge in [-0.15, -0.1) is 0 Å². The number of phenols is 1. The number of rotatable bonds is 2. The fourth-order valence-electron chi connectivity index (χ4n) is 3.53. The van der Waals surface area contributed by atoms with E-state index in [-0.39, 0.29) is 34.2 Å². The Hall–Kier alpha value is -2.46. The van der Waals surface area contributed by atoms with Crippen molar-refractivity contribution in [2.45, 2.75) is 32.6 Å². The van der Waals surface area contributed by atoms with Crippen LogP contribution in [0, 0.1) is 16.7 Å². The number of benzene rings is 1. The van der Waals surface area contributed by atoms with Gasteiger partial charge in [0.1, 0.15) is 17.4 Å². The number of halogens is 1. The van der Waals surface area contributed by atoms with Crippen molar-refractivity contribution < 1.29 is 19.4 Å². The van der Waals surface area contributed by atoms with E-state index in [9.17, 15) is 15.2 Å². The number of allylic oxidation sites excluding steroid dienone is 3. The van der Waals surface area contributed by atoms with E-state index < -0.39 is 5.92 Å². The predicted octanol–water partition coefficient (Wildman–Crippen LogP) is 3.61. The normalized spacial score (nSPS) is 21.8. The summed E-state index contributed by atoms with van der Waals surface area (Å²) in [5.41, 5.74) is 7.01. The van der Waals surface area contributed by atoms with Crippen LogP contribution in [0.4, 0.5) is 0 Å². The van der Waals surface area contributed by atoms with Crippen LogP contribution in [0.3, 0.4) is 0 Å². The number of hydrogen-bond donors (Lipinski definition) is 2. The number of hydrogen-bond acceptors (Lipinski definition) is 6. The Bertz CT molecular complexity index is 909. The molecule has 1 aliphatic heterocycles. The smallest absolute Gasteiger partial charge is 0.205 e. The minimum Gasteiger partial charge on any atom is -0.503 e. The lowest BCUT2D eigenvalue weighted by atomic mass is 9.70. The van der Waals surface area contributed by atoms with Gasteiger partial charge >= 0.3 is 0 Å². The standard InChI is InChI=1S/C19H19BrN2O4/c1-19(2)6-12(23)16-14(7-19)26-18(22)10(8-21)15(16)9-4-11(20)17(24)13(5-9)25-3/h4-5,15,24H,6-7,22H2,1-3H3/t15-/m1/s1. The van der Waals surface area contributed by atoms with E-state index in [0.717, 1.165) is 0 Å². The molecule has 0 amide bonds. The van der Waals surface area contributed by atoms with Gasteiger partial charge < -0.3 is 20.3 Å². The highest BCUT2D eigenvalue weighted by molar-refractivity contribution is 9.10. The van der Waals surface area contributed by atoms with E-state index in [1.54, 1.807) is 12.1 Å². The van der Waals surface area contributed by atoms with Crippen LogP contribution >= 0.6 is 15.9 Å². The molecular weight excluding hydrogens is 400 g/mol. The molecule has 1 heterocycles. The molecule has 0 unspecified atom stereocenters. The summed E-state index contributed by atoms with van der Waals surface area (Å²) in [4.78, 5) is 12.9. The van der Waals surface area contributed by atoms with Crippen molar-refractivity contribution in [2.24, 2.45) is 11.1 Å². The third kappa shape index (κ3) is 2.95. The maximum Gasteiger partial charge on any atom is 0.205 e. The summed E-state index contributed by atoms with van der Waals surface area (Å²) in [6, 6.07) is 5.35. The van der Waals surface area contributed by atoms with Crippen molar-refractivity contribution in [3.05, 3.63) is 45.0 Å². The fourth-order valence-corrected chi connectivity index (χ4v) is 3.99. The van der Waals surface area contributed by atoms with Gasteiger partial charge in [0.2, 0.25) is 5.88 Å². The van der Waals surface area contributed by atoms with Gasteiger partial charge in [0.15, 0.2) is 17.3 Å². The van der Waals surface area contributed by atoms with Gasteiger partial charge in [0.05, 0.1) is 17.5 Å². The Labute approximate surface area is 160 Å². The van der Waals surface area contributed by atoms with Crippen molar-refractivity contribution in [1.82, 2.24) is 0 Å². The van der Waals surface area contributed by atoms with Crippen LogP contribution in [0.2, 0.25) is 0 Å². The lowest BCUT2D eigenvalue weighted by molar-refractivity contribution is -0.119. The molecule has 7 heteroatoms. The van der Waals surface area contributed by atoms with Crippen molar-refractivity contribution in [3.63, 3.8) is 0 Å². The van der Waals surface area contributed by atoms with Gasteiger partial charge in [0, 0.05) is 18.4 Å². The number of carbonyl (C=O) groups excluding carboxylic acids is 1. The van der Waals surface area contributed by atoms with Crippen molar-refractivity contribution in [1.29, 1.82) is 5.26 Å². The van der Waals surface area contributed by atoms with Crippen LogP contribution in [0.25, 0.3) is 0 Å². The summed E-state index contributed by atoms with van der Waals surface area (Å²) < 4.78 is 11.3. The van der Waals surface area contributed by atoms with E-state index in [2.05, 4.69) is 22.0 Å². The van der Waals surface area contributed by atoms with Gasteiger partial charge in [0.25, 0.3) is 0 Å². The van der Waals surface area contributed by atoms with Gasteiger partial charge in [-0.1, -0.05) is 13.8 Å². The molecule has 26 heavy (non-hydrogen) atoms. The third-order valence-electron chi connectivity index (χ3n) is 4.68. The number of ether oxygens (including phenoxy) is 2. The highest BCUT2D eigenvalue weighted by atomic mass is 79.9. The number of methoxy groups -OCH3 is 1. The SMILES string of the molecule is COc1cc([C@@H]2C(C#N)=C(N)OC3=C2C(=O)CC(C)(C)C3)cc(Br)c1O. The molecule has 0 radical (unpaired) electrons. The van der Waals surface area contributed by atoms with Crippen molar-refractivity contribution in [3.8, 4) is 17.6 Å². The molecule has 0 fully saturated rings. The molecular formula is C19H19BrN2O4. The van der Waals surface area contributed by atoms with E-state index in [1.165, 1.54) is 7.11 Å². The lowest BCUT2D eigenvalue weighted by Crippen LogP contribution is -2.33. The maximum atomic E-state index is 12.9. The number of phenolic OH excluding ortho intramolecular Hbond substituents is 1. The Morgan fingerprint density at radius 3 is 2.73 bits per heavy atom. The number of Topliss-reactive ketones (excluding diaryl/α,β-unsaturated/α-hetero) is 1. The first kappa shape index (κ1) is 18.3. The highest BCUT2D eigenvalue weighted by Gasteiger charge is 2.43. The number of aromatic hydroxyl groups is 1. The second kappa shape index (κ2) is 6.36. The molecule has 136 valence electrons. The zero-order valence-electron chi connectivity index (χ0n) is 14.7. The van der Waals surface area contributed by atoms with Gasteiger partial charge in [-0.25, -0.2) is 0 Å². The van der Waals surface area contributed by atoms with Crippen LogP contribution in [0.5, 0.6) is 11.5 Å². The van der Waals surface area contributed by atoms with Gasteiger partial charge in [-0.05, 0) is 39.0 Å². The molecule has 1 aromatic carbocycles. The number of carbonyl (C=O) groups is 1. The average molecular weight is 419 g/mol. The maximum absolute atomic E-state index is 12.9. The van der Waals surface area contributed by atoms with Crippen LogP contribution in [-0.4, -0.2) is 18.0 Å². The fraction of sp³-hybridized carbons (Fsp3) is 0.368. The largest absolute Gasteiger partial charge is 0.503 e. The summed E-state index contributed by atoms with van der Waals surface area (Å²) in [6.07, 6.45) is 0.918. The summed E-state index contributed by atoms with van der Waals surface area (Å²) in [6.45, 7) is 3.99. The number of ketones is 1. The van der Waals surface area contributed by atoms with Gasteiger partial charge in [-0.2, -0.15) is 5.26 Å². The first-order chi connectivity index (χ1) is 12.2. The number of nitrogens with zero attached hydrogens (tertiary/aromatic N) is 1. The molecule has 0 saturated carbocycles. The summed E-state index contributed by atoms with van der Waals surface area (Å²) >= 11 is 3.29. The lowest BCUT2D eigenvalue weighted by Gasteiger charge is -2.37. The zero-order chi connectivity index (χ0) is 19.2. The molecule has 2 aliphatic rings. The molecule has 1 aromatic rings. The first-order valence-corrected chi connectivity index (χ1v) is 8.88. The molecule has 0 bridgehead atoms. The molecule has 3 N–H and O–H groups in total. The number of nitrogens with two attached hydrogens (primary N) is 1. The van der Waals surface area contributed by atoms with Crippen LogP contribution in [-0.2, 0) is 9.53 Å². The van der Waals surface area contributed by atoms with E-state index in [1.807, 2.05) is 13.8 Å². The average Bonchev–Trinajstić information content (AvgIpc) is 2.54. The Balaban J connectivity index is 2.24. The number of nitriles is 1. The van der Waals surface area contributed by atoms with Crippen molar-refractivity contribution in [2.75, 3.05) is 7.11 Å². The summed E-state index contributed by atoms with van der Waals surface area (Å²) in [7, 11) is 1.43. The second-order valence-corrected chi connectivity index (χ2v) is 8.11. The predicted molar refractivity (Wildman–Crippen MR) is 98.1 cm³/mol. The Kier molecular flexibility index (Phi) is 4.49. The van der Waals surface area contributed by atoms with Crippen LogP contribution in [0.1, 0.15) is 38.2 Å². The van der Waals surface area contributed by atoms with E-state index in [0.29, 0.717) is 34.2 Å². The Morgan fingerprint density at radius 1 is 1.42 bits per heavy atom. The highest BCUT2D eigenvalue weighted by Crippen LogP contribution is 2.49. The molecule has 3 rings (SSSR count). The molecule has 6 nitrogen and oxygen atoms in total. The van der Waals surface area contributed by atoms with E-state index in [4.69, 9.17) is 15.2 Å². The van der Waals surface area contributed by atoms with Gasteiger partial charge in [-0.3, -0.25) is 4.79 Å². The topological polar surface area (TPSA) is 106 Å². The monoisotopic (exact) mass is 418 g/mol. The third-order valence-corrected chi connectivity index (χ3v) is 5.28. The minimum absolute atomic E-state index is 0.00455. The Morgan fingerprint density at radius 2 is 2.12 bits per heavy atom. The van der Waals surface area contributed by atoms with Crippen molar-refractivity contribution >= 4 is 21.7 Å².